The van der Waals surface area contributed by atoms with E-state index in [0.29, 0.717) is 16.7 Å². The van der Waals surface area contributed by atoms with Crippen LogP contribution in [0.2, 0.25) is 0 Å². The standard InChI is InChI=1S/C12H20BrN3O/c1-8(2)17-12-6-11(14-7-15-12)16-10(4)5-9(3)13/h6-10H,5H2,1-4H3,(H,14,15,16). The van der Waals surface area contributed by atoms with Crippen molar-refractivity contribution >= 4 is 21.7 Å². The van der Waals surface area contributed by atoms with Crippen molar-refractivity contribution in [1.29, 1.82) is 0 Å². The molecule has 0 aromatic carbocycles. The average molecular weight is 302 g/mol. The Morgan fingerprint density at radius 3 is 2.59 bits per heavy atom. The van der Waals surface area contributed by atoms with Crippen LogP contribution in [-0.4, -0.2) is 26.9 Å². The van der Waals surface area contributed by atoms with Crippen LogP contribution in [0, 0.1) is 0 Å². The number of alkyl halides is 1. The van der Waals surface area contributed by atoms with E-state index in [0.717, 1.165) is 12.2 Å². The molecule has 0 radical (unpaired) electrons. The number of aromatic nitrogens is 2. The summed E-state index contributed by atoms with van der Waals surface area (Å²) in [6.45, 7) is 8.21. The van der Waals surface area contributed by atoms with Gasteiger partial charge in [0, 0.05) is 16.9 Å². The summed E-state index contributed by atoms with van der Waals surface area (Å²) in [5.41, 5.74) is 0. The molecule has 1 N–H and O–H groups in total. The predicted molar refractivity (Wildman–Crippen MR) is 73.9 cm³/mol. The van der Waals surface area contributed by atoms with E-state index in [1.165, 1.54) is 6.33 Å². The number of nitrogens with one attached hydrogen (secondary N) is 1. The molecule has 0 bridgehead atoms. The van der Waals surface area contributed by atoms with Crippen LogP contribution in [0.3, 0.4) is 0 Å². The fourth-order valence-corrected chi connectivity index (χ4v) is 2.08. The zero-order chi connectivity index (χ0) is 12.8. The smallest absolute Gasteiger partial charge is 0.218 e. The Balaban J connectivity index is 2.59. The number of hydrogen-bond acceptors (Lipinski definition) is 4. The van der Waals surface area contributed by atoms with Gasteiger partial charge >= 0.3 is 0 Å². The topological polar surface area (TPSA) is 47.0 Å². The lowest BCUT2D eigenvalue weighted by atomic mass is 10.2. The normalized spacial score (nSPS) is 14.5. The fraction of sp³-hybridized carbons (Fsp3) is 0.667. The van der Waals surface area contributed by atoms with Gasteiger partial charge in [0.25, 0.3) is 0 Å². The molecule has 4 nitrogen and oxygen atoms in total. The van der Waals surface area contributed by atoms with Crippen LogP contribution in [0.15, 0.2) is 12.4 Å². The molecule has 96 valence electrons. The van der Waals surface area contributed by atoms with E-state index in [1.807, 2.05) is 19.9 Å². The van der Waals surface area contributed by atoms with Crippen molar-refractivity contribution in [3.05, 3.63) is 12.4 Å². The number of rotatable bonds is 6. The number of ether oxygens (including phenoxy) is 1. The summed E-state index contributed by atoms with van der Waals surface area (Å²) in [6.07, 6.45) is 2.67. The molecule has 0 aliphatic rings. The zero-order valence-electron chi connectivity index (χ0n) is 10.8. The van der Waals surface area contributed by atoms with Crippen LogP contribution in [0.25, 0.3) is 0 Å². The molecule has 0 spiro atoms. The Morgan fingerprint density at radius 1 is 1.29 bits per heavy atom. The van der Waals surface area contributed by atoms with Crippen molar-refractivity contribution in [2.75, 3.05) is 5.32 Å². The van der Waals surface area contributed by atoms with E-state index in [2.05, 4.69) is 45.1 Å². The third kappa shape index (κ3) is 5.86. The molecular weight excluding hydrogens is 282 g/mol. The van der Waals surface area contributed by atoms with Crippen molar-refractivity contribution in [1.82, 2.24) is 9.97 Å². The number of hydrogen-bond donors (Lipinski definition) is 1. The van der Waals surface area contributed by atoms with Crippen molar-refractivity contribution in [3.63, 3.8) is 0 Å². The summed E-state index contributed by atoms with van der Waals surface area (Å²) in [5, 5.41) is 3.33. The monoisotopic (exact) mass is 301 g/mol. The highest BCUT2D eigenvalue weighted by Gasteiger charge is 2.08. The summed E-state index contributed by atoms with van der Waals surface area (Å²) < 4.78 is 5.52. The van der Waals surface area contributed by atoms with E-state index in [4.69, 9.17) is 4.74 Å². The minimum Gasteiger partial charge on any atom is -0.475 e. The second kappa shape index (κ2) is 6.79. The van der Waals surface area contributed by atoms with Crippen LogP contribution >= 0.6 is 15.9 Å². The summed E-state index contributed by atoms with van der Waals surface area (Å²) in [5.74, 6) is 1.41. The summed E-state index contributed by atoms with van der Waals surface area (Å²) in [7, 11) is 0. The molecule has 0 saturated carbocycles. The highest BCUT2D eigenvalue weighted by molar-refractivity contribution is 9.09. The van der Waals surface area contributed by atoms with Crippen LogP contribution in [0.1, 0.15) is 34.1 Å². The van der Waals surface area contributed by atoms with Crippen molar-refractivity contribution in [2.45, 2.75) is 51.1 Å². The molecule has 1 rings (SSSR count). The molecule has 17 heavy (non-hydrogen) atoms. The SMILES string of the molecule is CC(Br)CC(C)Nc1cc(OC(C)C)ncn1. The first-order chi connectivity index (χ1) is 7.97. The van der Waals surface area contributed by atoms with Crippen molar-refractivity contribution < 1.29 is 4.74 Å². The molecule has 0 amide bonds. The van der Waals surface area contributed by atoms with E-state index < -0.39 is 0 Å². The highest BCUT2D eigenvalue weighted by atomic mass is 79.9. The first kappa shape index (κ1) is 14.2. The van der Waals surface area contributed by atoms with Gasteiger partial charge in [0.05, 0.1) is 6.10 Å². The van der Waals surface area contributed by atoms with Gasteiger partial charge in [0.1, 0.15) is 12.1 Å². The molecule has 0 fully saturated rings. The number of anilines is 1. The highest BCUT2D eigenvalue weighted by Crippen LogP contribution is 2.15. The lowest BCUT2D eigenvalue weighted by Gasteiger charge is -2.16. The van der Waals surface area contributed by atoms with Crippen LogP contribution in [0.4, 0.5) is 5.82 Å². The Labute approximate surface area is 111 Å². The van der Waals surface area contributed by atoms with Gasteiger partial charge in [0.2, 0.25) is 5.88 Å². The van der Waals surface area contributed by atoms with Crippen LogP contribution in [0.5, 0.6) is 5.88 Å². The number of nitrogens with zero attached hydrogens (tertiary/aromatic N) is 2. The third-order valence-corrected chi connectivity index (χ3v) is 2.44. The van der Waals surface area contributed by atoms with Gasteiger partial charge in [-0.05, 0) is 27.2 Å². The molecule has 1 aromatic rings. The first-order valence-corrected chi connectivity index (χ1v) is 6.78. The Kier molecular flexibility index (Phi) is 5.68. The van der Waals surface area contributed by atoms with E-state index in [9.17, 15) is 0 Å². The van der Waals surface area contributed by atoms with Gasteiger partial charge in [-0.2, -0.15) is 0 Å². The summed E-state index contributed by atoms with van der Waals surface area (Å²) in [4.78, 5) is 8.73. The quantitative estimate of drug-likeness (QED) is 0.820. The molecule has 0 aliphatic carbocycles. The van der Waals surface area contributed by atoms with Gasteiger partial charge in [0.15, 0.2) is 0 Å². The molecule has 5 heteroatoms. The van der Waals surface area contributed by atoms with E-state index >= 15 is 0 Å². The second-order valence-electron chi connectivity index (χ2n) is 4.47. The molecule has 1 aromatic heterocycles. The van der Waals surface area contributed by atoms with E-state index in [-0.39, 0.29) is 6.10 Å². The van der Waals surface area contributed by atoms with Crippen molar-refractivity contribution in [2.24, 2.45) is 0 Å². The van der Waals surface area contributed by atoms with Gasteiger partial charge < -0.3 is 10.1 Å². The molecule has 0 aliphatic heterocycles. The Bertz CT molecular complexity index is 344. The number of halogens is 1. The van der Waals surface area contributed by atoms with Gasteiger partial charge in [-0.25, -0.2) is 9.97 Å². The minimum atomic E-state index is 0.123. The molecule has 2 atom stereocenters. The molecule has 2 unspecified atom stereocenters. The largest absolute Gasteiger partial charge is 0.475 e. The fourth-order valence-electron chi connectivity index (χ4n) is 1.52. The molecular formula is C12H20BrN3O. The maximum Gasteiger partial charge on any atom is 0.218 e. The maximum absolute atomic E-state index is 5.52. The van der Waals surface area contributed by atoms with Gasteiger partial charge in [-0.15, -0.1) is 0 Å². The second-order valence-corrected chi connectivity index (χ2v) is 6.03. The Morgan fingerprint density at radius 2 is 2.00 bits per heavy atom. The predicted octanol–water partition coefficient (Wildman–Crippen LogP) is 3.24. The lowest BCUT2D eigenvalue weighted by molar-refractivity contribution is 0.232. The average Bonchev–Trinajstić information content (AvgIpc) is 2.14. The Hall–Kier alpha value is -0.840. The van der Waals surface area contributed by atoms with Crippen LogP contribution < -0.4 is 10.1 Å². The zero-order valence-corrected chi connectivity index (χ0v) is 12.4. The summed E-state index contributed by atoms with van der Waals surface area (Å²) >= 11 is 3.54. The molecule has 0 saturated heterocycles. The lowest BCUT2D eigenvalue weighted by Crippen LogP contribution is -2.19. The van der Waals surface area contributed by atoms with E-state index in [1.54, 1.807) is 0 Å². The van der Waals surface area contributed by atoms with Crippen LogP contribution in [-0.2, 0) is 0 Å². The third-order valence-electron chi connectivity index (χ3n) is 2.07. The minimum absolute atomic E-state index is 0.123. The molecule has 1 heterocycles. The maximum atomic E-state index is 5.52. The first-order valence-electron chi connectivity index (χ1n) is 5.86. The van der Waals surface area contributed by atoms with Gasteiger partial charge in [-0.3, -0.25) is 0 Å². The van der Waals surface area contributed by atoms with Gasteiger partial charge in [-0.1, -0.05) is 22.9 Å². The van der Waals surface area contributed by atoms with Crippen molar-refractivity contribution in [3.8, 4) is 5.88 Å². The summed E-state index contributed by atoms with van der Waals surface area (Å²) in [6, 6.07) is 2.18.